The standard InChI is InChI=1S/C8H14ClNO4S/c1-14-4-2-3-10-6-7(5-8(10)11)15(9,12)13/h7H,2-6H2,1H3. The molecule has 15 heavy (non-hydrogen) atoms. The number of methoxy groups -OCH3 is 1. The molecule has 0 aromatic heterocycles. The van der Waals surface area contributed by atoms with Gasteiger partial charge in [-0.1, -0.05) is 0 Å². The van der Waals surface area contributed by atoms with Gasteiger partial charge in [0.15, 0.2) is 0 Å². The van der Waals surface area contributed by atoms with Gasteiger partial charge in [-0.15, -0.1) is 0 Å². The van der Waals surface area contributed by atoms with Crippen LogP contribution < -0.4 is 0 Å². The molecule has 0 saturated carbocycles. The van der Waals surface area contributed by atoms with Crippen LogP contribution in [0.1, 0.15) is 12.8 Å². The molecular formula is C8H14ClNO4S. The van der Waals surface area contributed by atoms with E-state index in [1.807, 2.05) is 0 Å². The maximum absolute atomic E-state index is 11.4. The van der Waals surface area contributed by atoms with Crippen LogP contribution in [0, 0.1) is 0 Å². The van der Waals surface area contributed by atoms with E-state index in [0.717, 1.165) is 0 Å². The van der Waals surface area contributed by atoms with Crippen molar-refractivity contribution < 1.29 is 17.9 Å². The van der Waals surface area contributed by atoms with Crippen LogP contribution in [0.3, 0.4) is 0 Å². The lowest BCUT2D eigenvalue weighted by molar-refractivity contribution is -0.127. The van der Waals surface area contributed by atoms with Gasteiger partial charge in [-0.25, -0.2) is 8.42 Å². The number of nitrogens with zero attached hydrogens (tertiary/aromatic N) is 1. The Balaban J connectivity index is 2.46. The Kier molecular flexibility index (Phi) is 4.36. The van der Waals surface area contributed by atoms with Gasteiger partial charge in [0.1, 0.15) is 5.25 Å². The van der Waals surface area contributed by atoms with Crippen molar-refractivity contribution in [3.05, 3.63) is 0 Å². The molecule has 0 N–H and O–H groups in total. The number of hydrogen-bond acceptors (Lipinski definition) is 4. The summed E-state index contributed by atoms with van der Waals surface area (Å²) in [6, 6.07) is 0. The zero-order chi connectivity index (χ0) is 11.5. The second-order valence-corrected chi connectivity index (χ2v) is 6.40. The number of likely N-dealkylation sites (tertiary alicyclic amines) is 1. The molecule has 0 bridgehead atoms. The molecule has 5 nitrogen and oxygen atoms in total. The fraction of sp³-hybridized carbons (Fsp3) is 0.875. The molecule has 7 heteroatoms. The third-order valence-electron chi connectivity index (χ3n) is 2.35. The van der Waals surface area contributed by atoms with Crippen molar-refractivity contribution >= 4 is 25.6 Å². The highest BCUT2D eigenvalue weighted by Gasteiger charge is 2.36. The normalized spacial score (nSPS) is 22.4. The monoisotopic (exact) mass is 255 g/mol. The molecule has 0 aliphatic carbocycles. The van der Waals surface area contributed by atoms with Crippen molar-refractivity contribution in [3.8, 4) is 0 Å². The molecule has 1 unspecified atom stereocenters. The molecule has 1 amide bonds. The number of amides is 1. The number of halogens is 1. The van der Waals surface area contributed by atoms with E-state index in [2.05, 4.69) is 0 Å². The van der Waals surface area contributed by atoms with E-state index in [9.17, 15) is 13.2 Å². The largest absolute Gasteiger partial charge is 0.385 e. The molecule has 1 aliphatic heterocycles. The molecule has 88 valence electrons. The van der Waals surface area contributed by atoms with Crippen molar-refractivity contribution in [2.45, 2.75) is 18.1 Å². The Labute approximate surface area is 93.8 Å². The molecule has 0 spiro atoms. The van der Waals surface area contributed by atoms with E-state index in [4.69, 9.17) is 15.4 Å². The van der Waals surface area contributed by atoms with Gasteiger partial charge < -0.3 is 9.64 Å². The quantitative estimate of drug-likeness (QED) is 0.520. The summed E-state index contributed by atoms with van der Waals surface area (Å²) in [5.74, 6) is -0.152. The minimum absolute atomic E-state index is 0.00118. The third kappa shape index (κ3) is 3.62. The summed E-state index contributed by atoms with van der Waals surface area (Å²) in [5.41, 5.74) is 0. The first-order valence-electron chi connectivity index (χ1n) is 4.65. The maximum atomic E-state index is 11.4. The van der Waals surface area contributed by atoms with E-state index in [-0.39, 0.29) is 18.9 Å². The Morgan fingerprint density at radius 2 is 2.27 bits per heavy atom. The van der Waals surface area contributed by atoms with Gasteiger partial charge in [0, 0.05) is 43.9 Å². The zero-order valence-corrected chi connectivity index (χ0v) is 10.1. The van der Waals surface area contributed by atoms with Crippen molar-refractivity contribution in [2.24, 2.45) is 0 Å². The van der Waals surface area contributed by atoms with Crippen LogP contribution in [0.5, 0.6) is 0 Å². The number of rotatable bonds is 5. The van der Waals surface area contributed by atoms with Crippen LogP contribution in [0.15, 0.2) is 0 Å². The number of ether oxygens (including phenoxy) is 1. The summed E-state index contributed by atoms with van der Waals surface area (Å²) >= 11 is 0. The van der Waals surface area contributed by atoms with Crippen molar-refractivity contribution in [3.63, 3.8) is 0 Å². The zero-order valence-electron chi connectivity index (χ0n) is 8.48. The average Bonchev–Trinajstić information content (AvgIpc) is 2.48. The molecule has 0 aromatic rings. The molecule has 1 saturated heterocycles. The maximum Gasteiger partial charge on any atom is 0.237 e. The van der Waals surface area contributed by atoms with E-state index >= 15 is 0 Å². The Morgan fingerprint density at radius 3 is 2.73 bits per heavy atom. The fourth-order valence-corrected chi connectivity index (χ4v) is 2.60. The van der Waals surface area contributed by atoms with Crippen LogP contribution in [0.4, 0.5) is 0 Å². The Hall–Kier alpha value is -0.330. The van der Waals surface area contributed by atoms with E-state index in [1.54, 1.807) is 7.11 Å². The lowest BCUT2D eigenvalue weighted by Gasteiger charge is -2.15. The minimum Gasteiger partial charge on any atom is -0.385 e. The van der Waals surface area contributed by atoms with Gasteiger partial charge >= 0.3 is 0 Å². The van der Waals surface area contributed by atoms with Crippen LogP contribution in [-0.4, -0.2) is 51.3 Å². The molecule has 0 radical (unpaired) electrons. The van der Waals surface area contributed by atoms with Gasteiger partial charge in [-0.2, -0.15) is 0 Å². The van der Waals surface area contributed by atoms with Gasteiger partial charge in [-0.05, 0) is 6.42 Å². The van der Waals surface area contributed by atoms with Gasteiger partial charge in [0.05, 0.1) is 0 Å². The van der Waals surface area contributed by atoms with Gasteiger partial charge in [0.25, 0.3) is 0 Å². The minimum atomic E-state index is -3.62. The average molecular weight is 256 g/mol. The lowest BCUT2D eigenvalue weighted by Crippen LogP contribution is -2.28. The van der Waals surface area contributed by atoms with Gasteiger partial charge in [-0.3, -0.25) is 4.79 Å². The van der Waals surface area contributed by atoms with Crippen molar-refractivity contribution in [2.75, 3.05) is 26.8 Å². The molecule has 1 atom stereocenters. The number of carbonyl (C=O) groups excluding carboxylic acids is 1. The molecule has 1 rings (SSSR count). The summed E-state index contributed by atoms with van der Waals surface area (Å²) < 4.78 is 26.9. The van der Waals surface area contributed by atoms with Crippen LogP contribution >= 0.6 is 10.7 Å². The molecular weight excluding hydrogens is 242 g/mol. The Bertz CT molecular complexity index is 330. The summed E-state index contributed by atoms with van der Waals surface area (Å²) in [5, 5.41) is -0.755. The second-order valence-electron chi connectivity index (χ2n) is 3.49. The number of hydrogen-bond donors (Lipinski definition) is 0. The first kappa shape index (κ1) is 12.7. The van der Waals surface area contributed by atoms with Crippen LogP contribution in [-0.2, 0) is 18.6 Å². The van der Waals surface area contributed by atoms with Crippen LogP contribution in [0.25, 0.3) is 0 Å². The summed E-state index contributed by atoms with van der Waals surface area (Å²) in [6.45, 7) is 1.28. The highest BCUT2D eigenvalue weighted by atomic mass is 35.7. The first-order valence-corrected chi connectivity index (χ1v) is 7.02. The van der Waals surface area contributed by atoms with E-state index in [1.165, 1.54) is 4.90 Å². The van der Waals surface area contributed by atoms with Crippen molar-refractivity contribution in [1.29, 1.82) is 0 Å². The predicted molar refractivity (Wildman–Crippen MR) is 56.3 cm³/mol. The topological polar surface area (TPSA) is 63.7 Å². The smallest absolute Gasteiger partial charge is 0.237 e. The highest BCUT2D eigenvalue weighted by Crippen LogP contribution is 2.21. The molecule has 1 fully saturated rings. The number of carbonyl (C=O) groups is 1. The second kappa shape index (κ2) is 5.14. The summed E-state index contributed by atoms with van der Waals surface area (Å²) in [4.78, 5) is 12.9. The molecule has 1 aliphatic rings. The highest BCUT2D eigenvalue weighted by molar-refractivity contribution is 8.14. The van der Waals surface area contributed by atoms with Crippen molar-refractivity contribution in [1.82, 2.24) is 4.90 Å². The molecule has 1 heterocycles. The lowest BCUT2D eigenvalue weighted by atomic mass is 10.4. The third-order valence-corrected chi connectivity index (χ3v) is 4.22. The molecule has 0 aromatic carbocycles. The van der Waals surface area contributed by atoms with E-state index in [0.29, 0.717) is 19.6 Å². The van der Waals surface area contributed by atoms with Crippen LogP contribution in [0.2, 0.25) is 0 Å². The SMILES string of the molecule is COCCCN1CC(S(=O)(=O)Cl)CC1=O. The summed E-state index contributed by atoms with van der Waals surface area (Å²) in [7, 11) is 3.16. The van der Waals surface area contributed by atoms with E-state index < -0.39 is 14.3 Å². The summed E-state index contributed by atoms with van der Waals surface area (Å²) in [6.07, 6.45) is 0.704. The first-order chi connectivity index (χ1) is 6.95. The van der Waals surface area contributed by atoms with Gasteiger partial charge in [0.2, 0.25) is 15.0 Å². The Morgan fingerprint density at radius 1 is 1.60 bits per heavy atom. The predicted octanol–water partition coefficient (Wildman–Crippen LogP) is 0.192. The fourth-order valence-electron chi connectivity index (χ4n) is 1.54.